The van der Waals surface area contributed by atoms with Crippen molar-refractivity contribution in [1.82, 2.24) is 10.2 Å². The van der Waals surface area contributed by atoms with Gasteiger partial charge in [0.2, 0.25) is 0 Å². The van der Waals surface area contributed by atoms with Crippen LogP contribution < -0.4 is 5.32 Å². The van der Waals surface area contributed by atoms with Crippen molar-refractivity contribution in [3.05, 3.63) is 34.3 Å². The molecule has 0 saturated carbocycles. The highest BCUT2D eigenvalue weighted by atomic mass is 35.5. The van der Waals surface area contributed by atoms with Crippen LogP contribution in [-0.2, 0) is 6.18 Å². The first-order valence-electron chi connectivity index (χ1n) is 7.59. The summed E-state index contributed by atoms with van der Waals surface area (Å²) in [5.74, 6) is 0. The Morgan fingerprint density at radius 1 is 1.25 bits per heavy atom. The molecule has 0 aromatic heterocycles. The number of hydrogen-bond acceptors (Lipinski definition) is 3. The van der Waals surface area contributed by atoms with E-state index in [4.69, 9.17) is 11.6 Å². The summed E-state index contributed by atoms with van der Waals surface area (Å²) >= 11 is 6.19. The molecule has 1 atom stereocenters. The molecule has 138 valence electrons. The Labute approximate surface area is 151 Å². The molecule has 1 aromatic carbocycles. The largest absolute Gasteiger partial charge is 0.416 e. The Kier molecular flexibility index (Phi) is 7.38. The van der Waals surface area contributed by atoms with Gasteiger partial charge < -0.3 is 10.4 Å². The Balaban J connectivity index is 0.00000288. The van der Waals surface area contributed by atoms with Gasteiger partial charge in [-0.3, -0.25) is 4.90 Å². The molecule has 24 heavy (non-hydrogen) atoms. The lowest BCUT2D eigenvalue weighted by Gasteiger charge is -2.44. The molecule has 0 spiro atoms. The van der Waals surface area contributed by atoms with E-state index in [0.717, 1.165) is 6.07 Å². The zero-order valence-corrected chi connectivity index (χ0v) is 15.2. The highest BCUT2D eigenvalue weighted by Crippen LogP contribution is 2.46. The standard InChI is InChI=1S/C16H22ClF3N2O.ClH/c1-15(2,10-23)14(22-8-6-21-7-9-22)13-11(16(18,19)20)4-3-5-12(13)17;/h3-5,14,21,23H,6-10H2,1-2H3;1H/t14-;/m1./s1. The number of alkyl halides is 3. The van der Waals surface area contributed by atoms with Gasteiger partial charge in [0, 0.05) is 54.8 Å². The number of aliphatic hydroxyl groups excluding tert-OH is 1. The summed E-state index contributed by atoms with van der Waals surface area (Å²) in [6.07, 6.45) is -4.49. The predicted molar refractivity (Wildman–Crippen MR) is 91.8 cm³/mol. The van der Waals surface area contributed by atoms with Crippen LogP contribution in [0.15, 0.2) is 18.2 Å². The topological polar surface area (TPSA) is 35.5 Å². The van der Waals surface area contributed by atoms with Crippen molar-refractivity contribution in [1.29, 1.82) is 0 Å². The lowest BCUT2D eigenvalue weighted by Crippen LogP contribution is -2.50. The zero-order chi connectivity index (χ0) is 17.3. The number of rotatable bonds is 4. The normalized spacial score (nSPS) is 18.1. The monoisotopic (exact) mass is 386 g/mol. The van der Waals surface area contributed by atoms with Crippen LogP contribution in [0.4, 0.5) is 13.2 Å². The van der Waals surface area contributed by atoms with E-state index in [1.54, 1.807) is 13.8 Å². The number of aliphatic hydroxyl groups is 1. The number of piperazine rings is 1. The van der Waals surface area contributed by atoms with Crippen molar-refractivity contribution < 1.29 is 18.3 Å². The highest BCUT2D eigenvalue weighted by Gasteiger charge is 2.43. The molecule has 8 heteroatoms. The van der Waals surface area contributed by atoms with Crippen molar-refractivity contribution in [2.45, 2.75) is 26.1 Å². The van der Waals surface area contributed by atoms with Gasteiger partial charge in [-0.1, -0.05) is 31.5 Å². The lowest BCUT2D eigenvalue weighted by atomic mass is 9.78. The van der Waals surface area contributed by atoms with Crippen molar-refractivity contribution in [3.63, 3.8) is 0 Å². The van der Waals surface area contributed by atoms with E-state index in [9.17, 15) is 18.3 Å². The molecular weight excluding hydrogens is 364 g/mol. The van der Waals surface area contributed by atoms with Crippen LogP contribution in [0.2, 0.25) is 5.02 Å². The van der Waals surface area contributed by atoms with Crippen molar-refractivity contribution in [2.24, 2.45) is 5.41 Å². The molecule has 1 saturated heterocycles. The van der Waals surface area contributed by atoms with Crippen molar-refractivity contribution in [2.75, 3.05) is 32.8 Å². The van der Waals surface area contributed by atoms with Crippen molar-refractivity contribution >= 4 is 24.0 Å². The lowest BCUT2D eigenvalue weighted by molar-refractivity contribution is -0.139. The summed E-state index contributed by atoms with van der Waals surface area (Å²) in [7, 11) is 0. The average molecular weight is 387 g/mol. The fourth-order valence-electron chi connectivity index (χ4n) is 3.16. The second kappa shape index (κ2) is 8.23. The average Bonchev–Trinajstić information content (AvgIpc) is 2.49. The molecule has 2 N–H and O–H groups in total. The molecule has 1 fully saturated rings. The third kappa shape index (κ3) is 4.55. The van der Waals surface area contributed by atoms with Crippen LogP contribution in [0.1, 0.15) is 31.0 Å². The maximum Gasteiger partial charge on any atom is 0.416 e. The van der Waals surface area contributed by atoms with Gasteiger partial charge in [0.05, 0.1) is 5.56 Å². The Morgan fingerprint density at radius 2 is 1.83 bits per heavy atom. The molecule has 0 aliphatic carbocycles. The van der Waals surface area contributed by atoms with Gasteiger partial charge >= 0.3 is 6.18 Å². The summed E-state index contributed by atoms with van der Waals surface area (Å²) in [5.41, 5.74) is -1.43. The fourth-order valence-corrected chi connectivity index (χ4v) is 3.43. The Bertz CT molecular complexity index is 547. The third-order valence-electron chi connectivity index (χ3n) is 4.30. The van der Waals surface area contributed by atoms with Gasteiger partial charge in [-0.25, -0.2) is 0 Å². The first-order chi connectivity index (χ1) is 10.7. The van der Waals surface area contributed by atoms with Crippen LogP contribution in [0, 0.1) is 5.41 Å². The van der Waals surface area contributed by atoms with E-state index in [0.29, 0.717) is 26.2 Å². The quantitative estimate of drug-likeness (QED) is 0.826. The van der Waals surface area contributed by atoms with E-state index in [1.807, 2.05) is 4.90 Å². The van der Waals surface area contributed by atoms with Crippen molar-refractivity contribution in [3.8, 4) is 0 Å². The maximum absolute atomic E-state index is 13.5. The van der Waals surface area contributed by atoms with Gasteiger partial charge in [0.1, 0.15) is 0 Å². The summed E-state index contributed by atoms with van der Waals surface area (Å²) in [6, 6.07) is 3.24. The molecule has 0 radical (unpaired) electrons. The van der Waals surface area contributed by atoms with E-state index < -0.39 is 23.2 Å². The first kappa shape index (κ1) is 21.5. The van der Waals surface area contributed by atoms with E-state index in [-0.39, 0.29) is 29.6 Å². The zero-order valence-electron chi connectivity index (χ0n) is 13.7. The molecule has 3 nitrogen and oxygen atoms in total. The Morgan fingerprint density at radius 3 is 2.33 bits per heavy atom. The van der Waals surface area contributed by atoms with E-state index >= 15 is 0 Å². The maximum atomic E-state index is 13.5. The number of nitrogens with one attached hydrogen (secondary N) is 1. The predicted octanol–water partition coefficient (Wildman–Crippen LogP) is 3.75. The number of hydrogen-bond donors (Lipinski definition) is 2. The van der Waals surface area contributed by atoms with Gasteiger partial charge in [-0.15, -0.1) is 12.4 Å². The molecule has 0 unspecified atom stereocenters. The molecule has 1 aliphatic heterocycles. The minimum atomic E-state index is -4.49. The van der Waals surface area contributed by atoms with E-state index in [1.165, 1.54) is 12.1 Å². The fraction of sp³-hybridized carbons (Fsp3) is 0.625. The van der Waals surface area contributed by atoms with Crippen LogP contribution in [0.3, 0.4) is 0 Å². The van der Waals surface area contributed by atoms with Gasteiger partial charge in [0.15, 0.2) is 0 Å². The summed E-state index contributed by atoms with van der Waals surface area (Å²) in [6.45, 7) is 5.91. The Hall–Kier alpha value is -0.530. The van der Waals surface area contributed by atoms with Gasteiger partial charge in [-0.2, -0.15) is 13.2 Å². The number of benzene rings is 1. The molecular formula is C16H23Cl2F3N2O. The summed E-state index contributed by atoms with van der Waals surface area (Å²) in [4.78, 5) is 1.98. The molecule has 0 amide bonds. The van der Waals surface area contributed by atoms with Gasteiger partial charge in [0.25, 0.3) is 0 Å². The number of nitrogens with zero attached hydrogens (tertiary/aromatic N) is 1. The smallest absolute Gasteiger partial charge is 0.396 e. The van der Waals surface area contributed by atoms with Crippen LogP contribution in [-0.4, -0.2) is 42.8 Å². The molecule has 2 rings (SSSR count). The molecule has 1 heterocycles. The van der Waals surface area contributed by atoms with E-state index in [2.05, 4.69) is 5.32 Å². The first-order valence-corrected chi connectivity index (χ1v) is 7.97. The molecule has 1 aromatic rings. The highest BCUT2D eigenvalue weighted by molar-refractivity contribution is 6.31. The van der Waals surface area contributed by atoms with Crippen LogP contribution in [0.5, 0.6) is 0 Å². The van der Waals surface area contributed by atoms with Crippen LogP contribution in [0.25, 0.3) is 0 Å². The minimum Gasteiger partial charge on any atom is -0.396 e. The second-order valence-corrected chi connectivity index (χ2v) is 6.94. The third-order valence-corrected chi connectivity index (χ3v) is 4.63. The molecule has 0 bridgehead atoms. The number of halogens is 5. The van der Waals surface area contributed by atoms with Gasteiger partial charge in [-0.05, 0) is 12.1 Å². The summed E-state index contributed by atoms with van der Waals surface area (Å²) < 4.78 is 40.5. The minimum absolute atomic E-state index is 0. The molecule has 1 aliphatic rings. The SMILES string of the molecule is CC(C)(CO)[C@@H](c1c(Cl)cccc1C(F)(F)F)N1CCNCC1.Cl. The second-order valence-electron chi connectivity index (χ2n) is 6.53. The van der Waals surface area contributed by atoms with Crippen LogP contribution >= 0.6 is 24.0 Å². The summed E-state index contributed by atoms with van der Waals surface area (Å²) in [5, 5.41) is 13.1.